The van der Waals surface area contributed by atoms with E-state index in [2.05, 4.69) is 94.1 Å². The summed E-state index contributed by atoms with van der Waals surface area (Å²) in [5.41, 5.74) is 6.53. The Morgan fingerprint density at radius 3 is 2.31 bits per heavy atom. The minimum atomic E-state index is -0.313. The van der Waals surface area contributed by atoms with Crippen LogP contribution in [0, 0.1) is 6.92 Å². The van der Waals surface area contributed by atoms with Crippen LogP contribution in [0.4, 0.5) is 21.9 Å². The Hall–Kier alpha value is -4.72. The molecule has 1 aromatic heterocycles. The number of hydrogen-bond donors (Lipinski definition) is 2. The Labute approximate surface area is 245 Å². The first-order valence-corrected chi connectivity index (χ1v) is 14.6. The largest absolute Gasteiger partial charge is 0.365 e. The van der Waals surface area contributed by atoms with Crippen molar-refractivity contribution < 1.29 is 9.59 Å². The molecular formula is C34H34N6O2. The fraction of sp³-hybridized carbons (Fsp3) is 0.294. The summed E-state index contributed by atoms with van der Waals surface area (Å²) < 4.78 is 0. The van der Waals surface area contributed by atoms with Crippen molar-refractivity contribution in [3.63, 3.8) is 0 Å². The van der Waals surface area contributed by atoms with E-state index < -0.39 is 0 Å². The van der Waals surface area contributed by atoms with Crippen molar-refractivity contribution in [2.75, 3.05) is 28.7 Å². The zero-order valence-corrected chi connectivity index (χ0v) is 23.9. The van der Waals surface area contributed by atoms with Gasteiger partial charge in [-0.25, -0.2) is 14.8 Å². The van der Waals surface area contributed by atoms with E-state index in [4.69, 9.17) is 0 Å². The summed E-state index contributed by atoms with van der Waals surface area (Å²) in [6, 6.07) is 24.9. The van der Waals surface area contributed by atoms with Crippen molar-refractivity contribution in [2.24, 2.45) is 0 Å². The number of para-hydroxylation sites is 1. The third-order valence-electron chi connectivity index (χ3n) is 9.52. The van der Waals surface area contributed by atoms with Crippen molar-refractivity contribution in [3.8, 4) is 11.4 Å². The van der Waals surface area contributed by atoms with Crippen LogP contribution in [0.25, 0.3) is 11.4 Å². The number of amides is 3. The molecular weight excluding hydrogens is 524 g/mol. The molecule has 212 valence electrons. The number of nitrogens with zero attached hydrogens (tertiary/aromatic N) is 4. The van der Waals surface area contributed by atoms with Gasteiger partial charge in [0, 0.05) is 24.0 Å². The van der Waals surface area contributed by atoms with Crippen LogP contribution in [-0.2, 0) is 16.8 Å². The number of carbonyl (C=O) groups excluding carboxylic acids is 2. The molecule has 2 N–H and O–H groups in total. The monoisotopic (exact) mass is 558 g/mol. The molecule has 3 amide bonds. The van der Waals surface area contributed by atoms with Crippen LogP contribution in [0.1, 0.15) is 42.4 Å². The highest BCUT2D eigenvalue weighted by atomic mass is 16.2. The Morgan fingerprint density at radius 1 is 0.857 bits per heavy atom. The van der Waals surface area contributed by atoms with E-state index in [9.17, 15) is 9.59 Å². The Balaban J connectivity index is 1.12. The molecule has 2 aliphatic heterocycles. The number of carbonyl (C=O) groups is 2. The molecule has 8 heteroatoms. The van der Waals surface area contributed by atoms with E-state index in [1.807, 2.05) is 18.2 Å². The van der Waals surface area contributed by atoms with Crippen molar-refractivity contribution in [3.05, 3.63) is 102 Å². The molecule has 2 fully saturated rings. The first-order valence-electron chi connectivity index (χ1n) is 14.6. The molecule has 4 aromatic rings. The summed E-state index contributed by atoms with van der Waals surface area (Å²) in [6.07, 6.45) is 7.29. The lowest BCUT2D eigenvalue weighted by Crippen LogP contribution is -2.55. The quantitative estimate of drug-likeness (QED) is 0.322. The zero-order chi connectivity index (χ0) is 28.9. The van der Waals surface area contributed by atoms with Gasteiger partial charge < -0.3 is 15.5 Å². The lowest BCUT2D eigenvalue weighted by molar-refractivity contribution is -0.115. The van der Waals surface area contributed by atoms with Crippen LogP contribution in [0.15, 0.2) is 85.2 Å². The SMILES string of the molecule is Cc1ccccc1N(C)[C@]1(c2ccccc2)CC[C@@]2(CC1)CN(c1cnc(-c3cccc4c3CC(=O)N4)nc1)C(=O)N2. The topological polar surface area (TPSA) is 90.5 Å². The van der Waals surface area contributed by atoms with E-state index >= 15 is 0 Å². The molecule has 0 bridgehead atoms. The van der Waals surface area contributed by atoms with Gasteiger partial charge in [0.2, 0.25) is 5.91 Å². The first-order chi connectivity index (χ1) is 20.4. The van der Waals surface area contributed by atoms with Gasteiger partial charge in [-0.1, -0.05) is 60.7 Å². The van der Waals surface area contributed by atoms with Crippen LogP contribution in [0.5, 0.6) is 0 Å². The lowest BCUT2D eigenvalue weighted by atomic mass is 9.68. The van der Waals surface area contributed by atoms with Crippen molar-refractivity contribution in [1.29, 1.82) is 0 Å². The molecule has 7 rings (SSSR count). The second-order valence-electron chi connectivity index (χ2n) is 11.9. The number of hydrogen-bond acceptors (Lipinski definition) is 5. The maximum absolute atomic E-state index is 13.3. The smallest absolute Gasteiger partial charge is 0.322 e. The summed E-state index contributed by atoms with van der Waals surface area (Å²) in [5.74, 6) is 0.521. The molecule has 0 atom stereocenters. The fourth-order valence-electron chi connectivity index (χ4n) is 7.14. The maximum atomic E-state index is 13.3. The van der Waals surface area contributed by atoms with E-state index in [1.54, 1.807) is 17.3 Å². The van der Waals surface area contributed by atoms with Gasteiger partial charge in [0.05, 0.1) is 42.1 Å². The Kier molecular flexibility index (Phi) is 6.22. The minimum Gasteiger partial charge on any atom is -0.365 e. The summed E-state index contributed by atoms with van der Waals surface area (Å²) >= 11 is 0. The van der Waals surface area contributed by atoms with E-state index in [-0.39, 0.29) is 23.0 Å². The third kappa shape index (κ3) is 4.29. The summed E-state index contributed by atoms with van der Waals surface area (Å²) in [4.78, 5) is 38.7. The average molecular weight is 559 g/mol. The standard InChI is InChI=1S/C34H34N6O2/c1-23-9-6-7-14-29(23)39(2)34(24-10-4-3-5-11-24)17-15-33(16-18-34)22-40(32(42)38-33)25-20-35-31(36-21-25)26-12-8-13-28-27(26)19-30(41)37-28/h3-14,20-21H,15-19,22H2,1-2H3,(H,37,41)(H,38,42)/t33-,34-. The molecule has 8 nitrogen and oxygen atoms in total. The molecule has 3 heterocycles. The number of anilines is 3. The van der Waals surface area contributed by atoms with Crippen LogP contribution < -0.4 is 20.4 Å². The van der Waals surface area contributed by atoms with Crippen LogP contribution >= 0.6 is 0 Å². The molecule has 1 saturated heterocycles. The second-order valence-corrected chi connectivity index (χ2v) is 11.9. The van der Waals surface area contributed by atoms with Crippen LogP contribution in [0.3, 0.4) is 0 Å². The maximum Gasteiger partial charge on any atom is 0.322 e. The predicted molar refractivity (Wildman–Crippen MR) is 165 cm³/mol. The molecule has 1 spiro atoms. The van der Waals surface area contributed by atoms with Gasteiger partial charge in [0.15, 0.2) is 5.82 Å². The summed E-state index contributed by atoms with van der Waals surface area (Å²) in [7, 11) is 2.21. The third-order valence-corrected chi connectivity index (χ3v) is 9.52. The van der Waals surface area contributed by atoms with Gasteiger partial charge >= 0.3 is 6.03 Å². The number of urea groups is 1. The second kappa shape index (κ2) is 9.98. The zero-order valence-electron chi connectivity index (χ0n) is 23.9. The molecule has 42 heavy (non-hydrogen) atoms. The summed E-state index contributed by atoms with van der Waals surface area (Å²) in [5, 5.41) is 6.23. The molecule has 0 unspecified atom stereocenters. The number of rotatable bonds is 5. The first kappa shape index (κ1) is 26.2. The number of nitrogens with one attached hydrogen (secondary N) is 2. The molecule has 1 aliphatic carbocycles. The molecule has 1 saturated carbocycles. The molecule has 3 aliphatic rings. The van der Waals surface area contributed by atoms with Crippen LogP contribution in [0.2, 0.25) is 0 Å². The van der Waals surface area contributed by atoms with Crippen molar-refractivity contribution in [2.45, 2.75) is 50.1 Å². The predicted octanol–water partition coefficient (Wildman–Crippen LogP) is 5.82. The highest BCUT2D eigenvalue weighted by molar-refractivity contribution is 6.01. The molecule has 3 aromatic carbocycles. The lowest BCUT2D eigenvalue weighted by Gasteiger charge is -2.51. The van der Waals surface area contributed by atoms with Crippen molar-refractivity contribution in [1.82, 2.24) is 15.3 Å². The molecule has 0 radical (unpaired) electrons. The van der Waals surface area contributed by atoms with Gasteiger partial charge in [-0.2, -0.15) is 0 Å². The number of aryl methyl sites for hydroxylation is 1. The number of benzene rings is 3. The summed E-state index contributed by atoms with van der Waals surface area (Å²) in [6.45, 7) is 2.74. The van der Waals surface area contributed by atoms with E-state index in [0.717, 1.165) is 42.5 Å². The van der Waals surface area contributed by atoms with E-state index in [1.165, 1.54) is 16.8 Å². The highest BCUT2D eigenvalue weighted by Gasteiger charge is 2.51. The number of aromatic nitrogens is 2. The van der Waals surface area contributed by atoms with Gasteiger partial charge in [-0.3, -0.25) is 9.69 Å². The van der Waals surface area contributed by atoms with Crippen molar-refractivity contribution >= 4 is 29.0 Å². The normalized spacial score (nSPS) is 23.0. The number of fused-ring (bicyclic) bond motifs is 1. The van der Waals surface area contributed by atoms with Crippen LogP contribution in [-0.4, -0.2) is 41.0 Å². The average Bonchev–Trinajstić information content (AvgIpc) is 3.56. The Morgan fingerprint density at radius 2 is 1.57 bits per heavy atom. The fourth-order valence-corrected chi connectivity index (χ4v) is 7.14. The highest BCUT2D eigenvalue weighted by Crippen LogP contribution is 2.48. The van der Waals surface area contributed by atoms with E-state index in [0.29, 0.717) is 24.5 Å². The minimum absolute atomic E-state index is 0.0260. The van der Waals surface area contributed by atoms with Gasteiger partial charge in [-0.05, 0) is 61.4 Å². The van der Waals surface area contributed by atoms with Gasteiger partial charge in [-0.15, -0.1) is 0 Å². The Bertz CT molecular complexity index is 1660. The van der Waals surface area contributed by atoms with Gasteiger partial charge in [0.25, 0.3) is 0 Å². The van der Waals surface area contributed by atoms with Gasteiger partial charge in [0.1, 0.15) is 0 Å².